The Hall–Kier alpha value is -1.72. The van der Waals surface area contributed by atoms with E-state index < -0.39 is 28.1 Å². The highest BCUT2D eigenvalue weighted by atomic mass is 16.6. The van der Waals surface area contributed by atoms with E-state index in [0.717, 1.165) is 30.4 Å². The first kappa shape index (κ1) is 23.0. The van der Waals surface area contributed by atoms with Crippen LogP contribution in [0.2, 0.25) is 0 Å². The summed E-state index contributed by atoms with van der Waals surface area (Å²) in [5.74, 6) is -0.199. The summed E-state index contributed by atoms with van der Waals surface area (Å²) in [7, 11) is 0. The van der Waals surface area contributed by atoms with Gasteiger partial charge in [0, 0.05) is 23.8 Å². The Bertz CT molecular complexity index is 1000. The standard InChI is InChI=1S/C28H38O5/c1-16-15-23(33-24(30)17(16)2)27(5,31)21-12-14-28(32)20-10-9-18-7-6-8-22(29)26(18,4)19(20)11-13-25(21,28)3/h6-7,9,19-21,23,31-32H,8,10-15H2,1-5H3/t19-,20+,21-,23+,25+,26-,27+,28-/m0/s1. The molecule has 0 aromatic heterocycles. The van der Waals surface area contributed by atoms with E-state index in [1.807, 2.05) is 13.0 Å². The van der Waals surface area contributed by atoms with Crippen molar-refractivity contribution in [2.75, 3.05) is 0 Å². The van der Waals surface area contributed by atoms with Gasteiger partial charge in [-0.2, -0.15) is 0 Å². The molecule has 5 nitrogen and oxygen atoms in total. The van der Waals surface area contributed by atoms with Crippen molar-refractivity contribution >= 4 is 11.8 Å². The molecule has 8 atom stereocenters. The summed E-state index contributed by atoms with van der Waals surface area (Å²) in [6.45, 7) is 9.70. The summed E-state index contributed by atoms with van der Waals surface area (Å²) < 4.78 is 5.72. The van der Waals surface area contributed by atoms with Crippen molar-refractivity contribution in [1.29, 1.82) is 0 Å². The number of hydrogen-bond donors (Lipinski definition) is 2. The maximum absolute atomic E-state index is 13.1. The van der Waals surface area contributed by atoms with Gasteiger partial charge >= 0.3 is 5.97 Å². The van der Waals surface area contributed by atoms with Gasteiger partial charge in [0.05, 0.1) is 11.0 Å². The van der Waals surface area contributed by atoms with Crippen molar-refractivity contribution in [3.63, 3.8) is 0 Å². The molecule has 0 amide bonds. The molecule has 5 heteroatoms. The minimum absolute atomic E-state index is 0.0148. The highest BCUT2D eigenvalue weighted by Crippen LogP contribution is 2.68. The maximum atomic E-state index is 13.1. The van der Waals surface area contributed by atoms with Crippen LogP contribution in [0.15, 0.2) is 34.9 Å². The normalized spacial score (nSPS) is 46.7. The van der Waals surface area contributed by atoms with Crippen molar-refractivity contribution < 1.29 is 24.5 Å². The number of carbonyl (C=O) groups is 2. The maximum Gasteiger partial charge on any atom is 0.334 e. The molecular weight excluding hydrogens is 416 g/mol. The Labute approximate surface area is 197 Å². The number of Topliss-reactive ketones (excluding diaryl/α,β-unsaturated/α-hetero) is 1. The Morgan fingerprint density at radius 2 is 1.85 bits per heavy atom. The van der Waals surface area contributed by atoms with E-state index in [1.54, 1.807) is 13.8 Å². The smallest absolute Gasteiger partial charge is 0.334 e. The number of ether oxygens (including phenoxy) is 1. The number of allylic oxidation sites excluding steroid dienone is 4. The molecule has 1 heterocycles. The minimum atomic E-state index is -1.24. The van der Waals surface area contributed by atoms with Gasteiger partial charge in [-0.3, -0.25) is 4.79 Å². The van der Waals surface area contributed by atoms with Crippen molar-refractivity contribution in [3.8, 4) is 0 Å². The predicted molar refractivity (Wildman–Crippen MR) is 125 cm³/mol. The number of fused-ring (bicyclic) bond motifs is 5. The van der Waals surface area contributed by atoms with Crippen LogP contribution in [-0.2, 0) is 14.3 Å². The second kappa shape index (κ2) is 7.14. The summed E-state index contributed by atoms with van der Waals surface area (Å²) in [5, 5.41) is 24.2. The van der Waals surface area contributed by atoms with Gasteiger partial charge in [0.1, 0.15) is 17.5 Å². The highest BCUT2D eigenvalue weighted by Gasteiger charge is 2.70. The molecule has 5 aliphatic rings. The lowest BCUT2D eigenvalue weighted by Crippen LogP contribution is -2.64. The number of cyclic esters (lactones) is 1. The van der Waals surface area contributed by atoms with Crippen molar-refractivity contribution in [1.82, 2.24) is 0 Å². The molecule has 2 fully saturated rings. The Morgan fingerprint density at radius 1 is 1.12 bits per heavy atom. The molecule has 5 rings (SSSR count). The van der Waals surface area contributed by atoms with Crippen LogP contribution in [0.4, 0.5) is 0 Å². The molecule has 1 aliphatic heterocycles. The first-order valence-corrected chi connectivity index (χ1v) is 12.6. The molecule has 0 radical (unpaired) electrons. The highest BCUT2D eigenvalue weighted by molar-refractivity contribution is 5.92. The molecule has 0 aromatic rings. The van der Waals surface area contributed by atoms with Crippen LogP contribution in [-0.4, -0.2) is 39.3 Å². The molecule has 2 N–H and O–H groups in total. The largest absolute Gasteiger partial charge is 0.456 e. The fraction of sp³-hybridized carbons (Fsp3) is 0.714. The first-order chi connectivity index (χ1) is 15.4. The van der Waals surface area contributed by atoms with Gasteiger partial charge < -0.3 is 14.9 Å². The molecule has 0 bridgehead atoms. The van der Waals surface area contributed by atoms with E-state index in [4.69, 9.17) is 4.74 Å². The lowest BCUT2D eigenvalue weighted by molar-refractivity contribution is -0.214. The number of ketones is 1. The van der Waals surface area contributed by atoms with Gasteiger partial charge in [-0.05, 0) is 83.1 Å². The quantitative estimate of drug-likeness (QED) is 0.603. The molecule has 0 spiro atoms. The summed E-state index contributed by atoms with van der Waals surface area (Å²) in [6.07, 6.45) is 10.2. The van der Waals surface area contributed by atoms with E-state index in [2.05, 4.69) is 26.0 Å². The van der Waals surface area contributed by atoms with E-state index in [1.165, 1.54) is 0 Å². The first-order valence-electron chi connectivity index (χ1n) is 12.6. The van der Waals surface area contributed by atoms with E-state index >= 15 is 0 Å². The average Bonchev–Trinajstić information content (AvgIpc) is 3.04. The molecule has 33 heavy (non-hydrogen) atoms. The summed E-state index contributed by atoms with van der Waals surface area (Å²) in [6, 6.07) is 0. The average molecular weight is 455 g/mol. The van der Waals surface area contributed by atoms with Crippen LogP contribution in [0.5, 0.6) is 0 Å². The molecule has 4 aliphatic carbocycles. The lowest BCUT2D eigenvalue weighted by atomic mass is 9.45. The lowest BCUT2D eigenvalue weighted by Gasteiger charge is -2.61. The second-order valence-corrected chi connectivity index (χ2v) is 12.0. The van der Waals surface area contributed by atoms with Gasteiger partial charge in [0.25, 0.3) is 0 Å². The third-order valence-electron chi connectivity index (χ3n) is 10.8. The number of hydrogen-bond acceptors (Lipinski definition) is 5. The van der Waals surface area contributed by atoms with E-state index in [9.17, 15) is 19.8 Å². The van der Waals surface area contributed by atoms with Gasteiger partial charge in [-0.1, -0.05) is 30.7 Å². The van der Waals surface area contributed by atoms with Crippen molar-refractivity contribution in [2.45, 2.75) is 96.9 Å². The van der Waals surface area contributed by atoms with Gasteiger partial charge in [0.2, 0.25) is 0 Å². The second-order valence-electron chi connectivity index (χ2n) is 12.0. The number of rotatable bonds is 2. The molecular formula is C28H38O5. The molecule has 0 unspecified atom stereocenters. The minimum Gasteiger partial charge on any atom is -0.456 e. The van der Waals surface area contributed by atoms with Crippen LogP contribution in [0.25, 0.3) is 0 Å². The molecule has 180 valence electrons. The zero-order chi connectivity index (χ0) is 24.0. The topological polar surface area (TPSA) is 83.8 Å². The number of carbonyl (C=O) groups excluding carboxylic acids is 2. The van der Waals surface area contributed by atoms with Crippen molar-refractivity contribution in [3.05, 3.63) is 34.9 Å². The SMILES string of the molecule is CC1=C(C)C(=O)O[C@@H]([C@](C)(O)[C@H]2CC[C@]3(O)[C@@H]4CC=C5C=CCC(=O)[C@]5(C)[C@H]4CC[C@]23C)C1. The summed E-state index contributed by atoms with van der Waals surface area (Å²) in [5.41, 5.74) is -0.554. The monoisotopic (exact) mass is 454 g/mol. The van der Waals surface area contributed by atoms with Crippen LogP contribution in [0.3, 0.4) is 0 Å². The fourth-order valence-electron chi connectivity index (χ4n) is 8.46. The Kier molecular flexibility index (Phi) is 4.99. The summed E-state index contributed by atoms with van der Waals surface area (Å²) in [4.78, 5) is 25.5. The van der Waals surface area contributed by atoms with Crippen LogP contribution < -0.4 is 0 Å². The van der Waals surface area contributed by atoms with Gasteiger partial charge in [-0.25, -0.2) is 4.79 Å². The molecule has 0 aromatic carbocycles. The zero-order valence-electron chi connectivity index (χ0n) is 20.6. The number of aliphatic hydroxyl groups is 2. The Morgan fingerprint density at radius 3 is 2.55 bits per heavy atom. The fourth-order valence-corrected chi connectivity index (χ4v) is 8.46. The van der Waals surface area contributed by atoms with Gasteiger partial charge in [0.15, 0.2) is 0 Å². The summed E-state index contributed by atoms with van der Waals surface area (Å²) >= 11 is 0. The van der Waals surface area contributed by atoms with Gasteiger partial charge in [-0.15, -0.1) is 0 Å². The molecule has 0 saturated heterocycles. The van der Waals surface area contributed by atoms with E-state index in [-0.39, 0.29) is 29.5 Å². The van der Waals surface area contributed by atoms with Crippen LogP contribution in [0, 0.1) is 28.6 Å². The van der Waals surface area contributed by atoms with Crippen LogP contribution >= 0.6 is 0 Å². The predicted octanol–water partition coefficient (Wildman–Crippen LogP) is 4.43. The third-order valence-corrected chi connectivity index (χ3v) is 10.8. The van der Waals surface area contributed by atoms with E-state index in [0.29, 0.717) is 31.3 Å². The molecule has 2 saturated carbocycles. The Balaban J connectivity index is 1.49. The third kappa shape index (κ3) is 2.84. The van der Waals surface area contributed by atoms with Crippen molar-refractivity contribution in [2.24, 2.45) is 28.6 Å². The zero-order valence-corrected chi connectivity index (χ0v) is 20.6. The number of esters is 1. The van der Waals surface area contributed by atoms with Crippen LogP contribution in [0.1, 0.15) is 79.6 Å².